The molecule has 0 saturated carbocycles. The van der Waals surface area contributed by atoms with Crippen LogP contribution in [0.4, 0.5) is 5.69 Å². The third-order valence-electron chi connectivity index (χ3n) is 5.22. The van der Waals surface area contributed by atoms with Crippen molar-refractivity contribution in [3.8, 4) is 5.75 Å². The molecule has 0 saturated heterocycles. The van der Waals surface area contributed by atoms with Crippen LogP contribution in [0.15, 0.2) is 54.6 Å². The van der Waals surface area contributed by atoms with Gasteiger partial charge in [-0.2, -0.15) is 12.7 Å². The zero-order valence-electron chi connectivity index (χ0n) is 21.5. The molecule has 0 heterocycles. The van der Waals surface area contributed by atoms with Gasteiger partial charge in [0, 0.05) is 26.2 Å². The number of para-hydroxylation sites is 1. The van der Waals surface area contributed by atoms with E-state index in [2.05, 4.69) is 5.32 Å². The van der Waals surface area contributed by atoms with Crippen LogP contribution >= 0.6 is 0 Å². The molecule has 1 atom stereocenters. The maximum Gasteiger partial charge on any atom is 0.304 e. The summed E-state index contributed by atoms with van der Waals surface area (Å²) in [4.78, 5) is 28.1. The minimum atomic E-state index is -3.98. The number of amides is 2. The van der Waals surface area contributed by atoms with Crippen molar-refractivity contribution < 1.29 is 22.7 Å². The van der Waals surface area contributed by atoms with Crippen LogP contribution in [0.5, 0.6) is 5.75 Å². The molecule has 2 aromatic rings. The topological polar surface area (TPSA) is 99.3 Å². The van der Waals surface area contributed by atoms with Gasteiger partial charge in [0.15, 0.2) is 0 Å². The average Bonchev–Trinajstić information content (AvgIpc) is 2.79. The van der Waals surface area contributed by atoms with Crippen LogP contribution in [-0.2, 0) is 26.3 Å². The van der Waals surface area contributed by atoms with Crippen molar-refractivity contribution in [3.63, 3.8) is 0 Å². The first kappa shape index (κ1) is 28.1. The summed E-state index contributed by atoms with van der Waals surface area (Å²) in [7, 11) is 0.378. The van der Waals surface area contributed by atoms with E-state index in [1.807, 2.05) is 26.8 Å². The molecule has 2 amide bonds. The van der Waals surface area contributed by atoms with Crippen molar-refractivity contribution in [1.82, 2.24) is 14.5 Å². The number of benzene rings is 2. The van der Waals surface area contributed by atoms with Gasteiger partial charge in [0.2, 0.25) is 11.8 Å². The lowest BCUT2D eigenvalue weighted by atomic mass is 10.1. The van der Waals surface area contributed by atoms with E-state index in [0.717, 1.165) is 14.2 Å². The smallest absolute Gasteiger partial charge is 0.304 e. The van der Waals surface area contributed by atoms with Crippen LogP contribution < -0.4 is 14.4 Å². The zero-order chi connectivity index (χ0) is 26.4. The van der Waals surface area contributed by atoms with Crippen molar-refractivity contribution in [3.05, 3.63) is 60.2 Å². The van der Waals surface area contributed by atoms with Gasteiger partial charge in [-0.3, -0.25) is 9.59 Å². The van der Waals surface area contributed by atoms with Gasteiger partial charge in [-0.05, 0) is 57.5 Å². The Balaban J connectivity index is 2.46. The van der Waals surface area contributed by atoms with Crippen LogP contribution in [0, 0.1) is 0 Å². The van der Waals surface area contributed by atoms with Gasteiger partial charge in [0.25, 0.3) is 0 Å². The molecule has 0 aliphatic rings. The SMILES string of the molecule is COc1cccc(CN(C(=O)CN(c2ccccc2)S(=O)(=O)N(C)C)C(C)C(=O)NC(C)(C)C)c1. The Labute approximate surface area is 208 Å². The molecule has 2 aromatic carbocycles. The van der Waals surface area contributed by atoms with Crippen molar-refractivity contribution >= 4 is 27.7 Å². The molecular formula is C25H36N4O5S. The monoisotopic (exact) mass is 504 g/mol. The number of hydrogen-bond donors (Lipinski definition) is 1. The molecule has 2 rings (SSSR count). The molecule has 0 aliphatic heterocycles. The number of carbonyl (C=O) groups excluding carboxylic acids is 2. The molecule has 192 valence electrons. The third-order valence-corrected chi connectivity index (χ3v) is 7.04. The fraction of sp³-hybridized carbons (Fsp3) is 0.440. The van der Waals surface area contributed by atoms with Crippen LogP contribution in [-0.4, -0.2) is 68.8 Å². The second kappa shape index (κ2) is 11.5. The van der Waals surface area contributed by atoms with Gasteiger partial charge >= 0.3 is 10.2 Å². The van der Waals surface area contributed by atoms with Crippen LogP contribution in [0.3, 0.4) is 0 Å². The molecule has 0 fully saturated rings. The molecule has 0 aliphatic carbocycles. The standard InChI is InChI=1S/C25H36N4O5S/c1-19(24(31)26-25(2,3)4)28(17-20-12-11-15-22(16-20)34-7)23(30)18-29(35(32,33)27(5)6)21-13-9-8-10-14-21/h8-16,19H,17-18H2,1-7H3,(H,26,31). The van der Waals surface area contributed by atoms with Crippen molar-refractivity contribution in [2.45, 2.75) is 45.8 Å². The summed E-state index contributed by atoms with van der Waals surface area (Å²) < 4.78 is 33.6. The molecule has 1 unspecified atom stereocenters. The van der Waals surface area contributed by atoms with E-state index in [9.17, 15) is 18.0 Å². The first-order valence-corrected chi connectivity index (χ1v) is 12.7. The fourth-order valence-corrected chi connectivity index (χ4v) is 4.39. The number of nitrogens with one attached hydrogen (secondary N) is 1. The summed E-state index contributed by atoms with van der Waals surface area (Å²) >= 11 is 0. The summed E-state index contributed by atoms with van der Waals surface area (Å²) in [6.45, 7) is 6.82. The molecule has 9 nitrogen and oxygen atoms in total. The predicted molar refractivity (Wildman–Crippen MR) is 137 cm³/mol. The lowest BCUT2D eigenvalue weighted by Crippen LogP contribution is -2.54. The highest BCUT2D eigenvalue weighted by molar-refractivity contribution is 7.90. The lowest BCUT2D eigenvalue weighted by molar-refractivity contribution is -0.140. The molecule has 0 bridgehead atoms. The second-order valence-electron chi connectivity index (χ2n) is 9.42. The van der Waals surface area contributed by atoms with E-state index < -0.39 is 34.2 Å². The van der Waals surface area contributed by atoms with E-state index in [1.165, 1.54) is 19.0 Å². The maximum absolute atomic E-state index is 13.7. The van der Waals surface area contributed by atoms with E-state index in [0.29, 0.717) is 11.4 Å². The Morgan fingerprint density at radius 1 is 1.03 bits per heavy atom. The summed E-state index contributed by atoms with van der Waals surface area (Å²) in [5.74, 6) is -0.239. The number of ether oxygens (including phenoxy) is 1. The van der Waals surface area contributed by atoms with Gasteiger partial charge in [0.05, 0.1) is 12.8 Å². The van der Waals surface area contributed by atoms with E-state index in [1.54, 1.807) is 62.6 Å². The maximum atomic E-state index is 13.7. The Bertz CT molecular complexity index is 1110. The molecule has 0 radical (unpaired) electrons. The van der Waals surface area contributed by atoms with Crippen molar-refractivity contribution in [2.24, 2.45) is 0 Å². The molecule has 1 N–H and O–H groups in total. The molecular weight excluding hydrogens is 468 g/mol. The second-order valence-corrected chi connectivity index (χ2v) is 11.5. The highest BCUT2D eigenvalue weighted by Crippen LogP contribution is 2.21. The highest BCUT2D eigenvalue weighted by Gasteiger charge is 2.33. The summed E-state index contributed by atoms with van der Waals surface area (Å²) in [5, 5.41) is 2.90. The van der Waals surface area contributed by atoms with Crippen molar-refractivity contribution in [1.29, 1.82) is 0 Å². The molecule has 0 spiro atoms. The summed E-state index contributed by atoms with van der Waals surface area (Å²) in [6, 6.07) is 14.7. The predicted octanol–water partition coefficient (Wildman–Crippen LogP) is 2.64. The van der Waals surface area contributed by atoms with Crippen LogP contribution in [0.1, 0.15) is 33.3 Å². The van der Waals surface area contributed by atoms with E-state index in [4.69, 9.17) is 4.74 Å². The Hall–Kier alpha value is -3.11. The number of rotatable bonds is 10. The first-order valence-electron chi connectivity index (χ1n) is 11.3. The lowest BCUT2D eigenvalue weighted by Gasteiger charge is -2.34. The normalized spacial score (nSPS) is 12.7. The van der Waals surface area contributed by atoms with Gasteiger partial charge in [0.1, 0.15) is 18.3 Å². The molecule has 0 aromatic heterocycles. The first-order chi connectivity index (χ1) is 16.3. The largest absolute Gasteiger partial charge is 0.497 e. The Morgan fingerprint density at radius 3 is 2.20 bits per heavy atom. The molecule has 35 heavy (non-hydrogen) atoms. The van der Waals surface area contributed by atoms with Crippen molar-refractivity contribution in [2.75, 3.05) is 32.1 Å². The Kier molecular flexibility index (Phi) is 9.28. The molecule has 10 heteroatoms. The number of hydrogen-bond acceptors (Lipinski definition) is 5. The quantitative estimate of drug-likeness (QED) is 0.536. The summed E-state index contributed by atoms with van der Waals surface area (Å²) in [6.07, 6.45) is 0. The van der Waals surface area contributed by atoms with Crippen LogP contribution in [0.25, 0.3) is 0 Å². The summed E-state index contributed by atoms with van der Waals surface area (Å²) in [5.41, 5.74) is 0.595. The van der Waals surface area contributed by atoms with Gasteiger partial charge in [-0.25, -0.2) is 4.31 Å². The van der Waals surface area contributed by atoms with Crippen LogP contribution in [0.2, 0.25) is 0 Å². The van der Waals surface area contributed by atoms with Gasteiger partial charge in [-0.15, -0.1) is 0 Å². The number of anilines is 1. The fourth-order valence-electron chi connectivity index (χ4n) is 3.34. The van der Waals surface area contributed by atoms with Gasteiger partial charge in [-0.1, -0.05) is 30.3 Å². The zero-order valence-corrected chi connectivity index (χ0v) is 22.3. The third kappa shape index (κ3) is 7.69. The van der Waals surface area contributed by atoms with Gasteiger partial charge < -0.3 is 15.0 Å². The van der Waals surface area contributed by atoms with E-state index in [-0.39, 0.29) is 12.5 Å². The minimum Gasteiger partial charge on any atom is -0.497 e. The van der Waals surface area contributed by atoms with E-state index >= 15 is 0 Å². The minimum absolute atomic E-state index is 0.0966. The number of nitrogens with zero attached hydrogens (tertiary/aromatic N) is 3. The highest BCUT2D eigenvalue weighted by atomic mass is 32.2. The number of carbonyl (C=O) groups is 2. The Morgan fingerprint density at radius 2 is 1.66 bits per heavy atom. The number of methoxy groups -OCH3 is 1. The average molecular weight is 505 g/mol.